The number of anilines is 1. The first-order valence-corrected chi connectivity index (χ1v) is 8.45. The topological polar surface area (TPSA) is 102 Å². The molecule has 136 valence electrons. The third kappa shape index (κ3) is 3.43. The van der Waals surface area contributed by atoms with Crippen LogP contribution in [-0.4, -0.2) is 45.9 Å². The molecule has 8 heteroatoms. The van der Waals surface area contributed by atoms with Crippen LogP contribution in [0, 0.1) is 5.41 Å². The van der Waals surface area contributed by atoms with Gasteiger partial charge in [-0.25, -0.2) is 4.79 Å². The number of nitrogens with one attached hydrogen (secondary N) is 2. The lowest BCUT2D eigenvalue weighted by atomic mass is 9.90. The highest BCUT2D eigenvalue weighted by atomic mass is 35.5. The summed E-state index contributed by atoms with van der Waals surface area (Å²) in [7, 11) is 0. The summed E-state index contributed by atoms with van der Waals surface area (Å²) in [5, 5.41) is 12.4. The minimum absolute atomic E-state index is 0.113. The van der Waals surface area contributed by atoms with E-state index in [1.165, 1.54) is 11.0 Å². The monoisotopic (exact) mass is 375 g/mol. The molecule has 0 radical (unpaired) electrons. The largest absolute Gasteiger partial charge is 0.481 e. The molecule has 2 amide bonds. The van der Waals surface area contributed by atoms with Gasteiger partial charge < -0.3 is 20.3 Å². The summed E-state index contributed by atoms with van der Waals surface area (Å²) in [5.74, 6) is -1.23. The van der Waals surface area contributed by atoms with Gasteiger partial charge in [-0.3, -0.25) is 9.59 Å². The maximum atomic E-state index is 12.6. The number of benzene rings is 1. The number of aromatic nitrogens is 1. The molecular weight excluding hydrogens is 358 g/mol. The number of carbonyl (C=O) groups excluding carboxylic acids is 2. The summed E-state index contributed by atoms with van der Waals surface area (Å²) in [6.45, 7) is 2.06. The zero-order valence-corrected chi connectivity index (χ0v) is 14.8. The summed E-state index contributed by atoms with van der Waals surface area (Å²) in [6.07, 6.45) is 2.01. The fraction of sp³-hybridized carbons (Fsp3) is 0.278. The number of H-pyrrole nitrogens is 1. The molecule has 0 saturated carbocycles. The molecule has 7 nitrogen and oxygen atoms in total. The van der Waals surface area contributed by atoms with Gasteiger partial charge in [-0.1, -0.05) is 11.6 Å². The molecular formula is C18H18ClN3O4. The van der Waals surface area contributed by atoms with E-state index in [4.69, 9.17) is 11.6 Å². The summed E-state index contributed by atoms with van der Waals surface area (Å²) < 4.78 is 0. The molecule has 2 heterocycles. The van der Waals surface area contributed by atoms with Gasteiger partial charge in [0.25, 0.3) is 0 Å². The van der Waals surface area contributed by atoms with E-state index in [9.17, 15) is 19.5 Å². The Balaban J connectivity index is 1.81. The predicted octanol–water partition coefficient (Wildman–Crippen LogP) is 3.23. The Kier molecular flexibility index (Phi) is 4.73. The van der Waals surface area contributed by atoms with Crippen molar-refractivity contribution in [3.8, 4) is 0 Å². The SMILES string of the molecule is CC1(C(=O)O)CCN(C(=O)Nc2ccc(Cl)cc2C(=O)c2ccc[nH]2)C1. The van der Waals surface area contributed by atoms with E-state index in [0.29, 0.717) is 29.4 Å². The average Bonchev–Trinajstić information content (AvgIpc) is 3.26. The second kappa shape index (κ2) is 6.84. The van der Waals surface area contributed by atoms with Gasteiger partial charge in [0.05, 0.1) is 16.8 Å². The van der Waals surface area contributed by atoms with Gasteiger partial charge in [0.2, 0.25) is 5.78 Å². The van der Waals surface area contributed by atoms with Crippen molar-refractivity contribution in [2.24, 2.45) is 5.41 Å². The molecule has 0 bridgehead atoms. The Hall–Kier alpha value is -2.80. The molecule has 1 aromatic heterocycles. The molecule has 0 spiro atoms. The van der Waals surface area contributed by atoms with Crippen molar-refractivity contribution < 1.29 is 19.5 Å². The van der Waals surface area contributed by atoms with Crippen LogP contribution >= 0.6 is 11.6 Å². The van der Waals surface area contributed by atoms with Gasteiger partial charge in [0.15, 0.2) is 0 Å². The minimum atomic E-state index is -0.958. The van der Waals surface area contributed by atoms with E-state index in [-0.39, 0.29) is 17.9 Å². The van der Waals surface area contributed by atoms with Crippen molar-refractivity contribution in [3.63, 3.8) is 0 Å². The maximum absolute atomic E-state index is 12.6. The number of carbonyl (C=O) groups is 3. The van der Waals surface area contributed by atoms with Crippen LogP contribution < -0.4 is 5.32 Å². The Labute approximate surface area is 155 Å². The third-order valence-electron chi connectivity index (χ3n) is 4.59. The zero-order chi connectivity index (χ0) is 18.9. The molecule has 1 atom stereocenters. The van der Waals surface area contributed by atoms with E-state index in [1.807, 2.05) is 0 Å². The number of carboxylic acids is 1. The number of amides is 2. The number of aromatic amines is 1. The fourth-order valence-corrected chi connectivity index (χ4v) is 3.11. The van der Waals surface area contributed by atoms with Crippen LogP contribution in [0.1, 0.15) is 29.4 Å². The number of rotatable bonds is 4. The Morgan fingerprint density at radius 1 is 1.31 bits per heavy atom. The highest BCUT2D eigenvalue weighted by Gasteiger charge is 2.42. The van der Waals surface area contributed by atoms with E-state index in [0.717, 1.165) is 0 Å². The van der Waals surface area contributed by atoms with Crippen LogP contribution in [0.15, 0.2) is 36.5 Å². The molecule has 1 aliphatic heterocycles. The second-order valence-electron chi connectivity index (χ2n) is 6.57. The smallest absolute Gasteiger partial charge is 0.321 e. The number of nitrogens with zero attached hydrogens (tertiary/aromatic N) is 1. The van der Waals surface area contributed by atoms with Crippen LogP contribution in [0.5, 0.6) is 0 Å². The first-order valence-electron chi connectivity index (χ1n) is 8.07. The molecule has 2 aromatic rings. The lowest BCUT2D eigenvalue weighted by Gasteiger charge is -2.21. The van der Waals surface area contributed by atoms with Crippen molar-refractivity contribution in [1.29, 1.82) is 0 Å². The fourth-order valence-electron chi connectivity index (χ4n) is 2.93. The zero-order valence-electron chi connectivity index (χ0n) is 14.1. The summed E-state index contributed by atoms with van der Waals surface area (Å²) in [6, 6.07) is 7.52. The summed E-state index contributed by atoms with van der Waals surface area (Å²) >= 11 is 6.01. The predicted molar refractivity (Wildman–Crippen MR) is 96.6 cm³/mol. The first kappa shape index (κ1) is 18.0. The number of hydrogen-bond donors (Lipinski definition) is 3. The Morgan fingerprint density at radius 3 is 2.69 bits per heavy atom. The molecule has 1 saturated heterocycles. The van der Waals surface area contributed by atoms with E-state index >= 15 is 0 Å². The van der Waals surface area contributed by atoms with Gasteiger partial charge in [-0.2, -0.15) is 0 Å². The molecule has 1 aromatic carbocycles. The lowest BCUT2D eigenvalue weighted by Crippen LogP contribution is -2.37. The standard InChI is InChI=1S/C18H18ClN3O4/c1-18(16(24)25)6-8-22(10-18)17(26)21-13-5-4-11(19)9-12(13)15(23)14-3-2-7-20-14/h2-5,7,9,20H,6,8,10H2,1H3,(H,21,26)(H,24,25). The number of likely N-dealkylation sites (tertiary alicyclic amines) is 1. The van der Waals surface area contributed by atoms with Crippen molar-refractivity contribution in [1.82, 2.24) is 9.88 Å². The van der Waals surface area contributed by atoms with Gasteiger partial charge in [-0.05, 0) is 43.7 Å². The van der Waals surface area contributed by atoms with Crippen LogP contribution in [0.2, 0.25) is 5.02 Å². The average molecular weight is 376 g/mol. The highest BCUT2D eigenvalue weighted by Crippen LogP contribution is 2.31. The van der Waals surface area contributed by atoms with Gasteiger partial charge >= 0.3 is 12.0 Å². The highest BCUT2D eigenvalue weighted by molar-refractivity contribution is 6.31. The molecule has 0 aliphatic carbocycles. The molecule has 1 fully saturated rings. The second-order valence-corrected chi connectivity index (χ2v) is 7.01. The maximum Gasteiger partial charge on any atom is 0.321 e. The molecule has 3 rings (SSSR count). The van der Waals surface area contributed by atoms with Crippen molar-refractivity contribution in [3.05, 3.63) is 52.8 Å². The van der Waals surface area contributed by atoms with E-state index in [1.54, 1.807) is 37.4 Å². The lowest BCUT2D eigenvalue weighted by molar-refractivity contribution is -0.146. The third-order valence-corrected chi connectivity index (χ3v) is 4.82. The van der Waals surface area contributed by atoms with Crippen LogP contribution in [0.4, 0.5) is 10.5 Å². The van der Waals surface area contributed by atoms with Crippen LogP contribution in [0.25, 0.3) is 0 Å². The Bertz CT molecular complexity index is 865. The van der Waals surface area contributed by atoms with E-state index in [2.05, 4.69) is 10.3 Å². The number of ketones is 1. The number of urea groups is 1. The molecule has 3 N–H and O–H groups in total. The van der Waals surface area contributed by atoms with Crippen molar-refractivity contribution >= 4 is 35.1 Å². The normalized spacial score (nSPS) is 19.4. The van der Waals surface area contributed by atoms with Crippen LogP contribution in [-0.2, 0) is 4.79 Å². The van der Waals surface area contributed by atoms with Crippen molar-refractivity contribution in [2.45, 2.75) is 13.3 Å². The number of halogens is 1. The van der Waals surface area contributed by atoms with Gasteiger partial charge in [0.1, 0.15) is 0 Å². The van der Waals surface area contributed by atoms with E-state index < -0.39 is 17.4 Å². The first-order chi connectivity index (χ1) is 12.3. The summed E-state index contributed by atoms with van der Waals surface area (Å²) in [5.41, 5.74) is -0.000868. The van der Waals surface area contributed by atoms with Gasteiger partial charge in [-0.15, -0.1) is 0 Å². The quantitative estimate of drug-likeness (QED) is 0.714. The van der Waals surface area contributed by atoms with Gasteiger partial charge in [0, 0.05) is 29.9 Å². The minimum Gasteiger partial charge on any atom is -0.481 e. The number of hydrogen-bond acceptors (Lipinski definition) is 3. The Morgan fingerprint density at radius 2 is 2.08 bits per heavy atom. The number of carboxylic acid groups (broad SMARTS) is 1. The van der Waals surface area contributed by atoms with Crippen LogP contribution in [0.3, 0.4) is 0 Å². The number of aliphatic carboxylic acids is 1. The molecule has 1 aliphatic rings. The molecule has 1 unspecified atom stereocenters. The molecule has 26 heavy (non-hydrogen) atoms. The summed E-state index contributed by atoms with van der Waals surface area (Å²) in [4.78, 5) is 40.8. The van der Waals surface area contributed by atoms with Crippen molar-refractivity contribution in [2.75, 3.05) is 18.4 Å².